The topological polar surface area (TPSA) is 38.0 Å². The minimum Gasteiger partial charge on any atom is -0.381 e. The van der Waals surface area contributed by atoms with Crippen molar-refractivity contribution in [1.29, 1.82) is 0 Å². The fourth-order valence-electron chi connectivity index (χ4n) is 2.82. The van der Waals surface area contributed by atoms with Gasteiger partial charge in [0.25, 0.3) is 0 Å². The summed E-state index contributed by atoms with van der Waals surface area (Å²) < 4.78 is 1.83. The van der Waals surface area contributed by atoms with Crippen LogP contribution in [0.2, 0.25) is 5.02 Å². The summed E-state index contributed by atoms with van der Waals surface area (Å²) in [6, 6.07) is 2.16. The lowest BCUT2D eigenvalue weighted by atomic mass is 9.99. The number of rotatable bonds is 4. The van der Waals surface area contributed by atoms with Gasteiger partial charge in [-0.15, -0.1) is 11.3 Å². The third-order valence-electron chi connectivity index (χ3n) is 3.81. The zero-order valence-corrected chi connectivity index (χ0v) is 13.2. The third-order valence-corrected chi connectivity index (χ3v) is 5.39. The Labute approximate surface area is 128 Å². The molecule has 0 aliphatic heterocycles. The predicted molar refractivity (Wildman–Crippen MR) is 82.6 cm³/mol. The molecule has 0 spiro atoms. The van der Waals surface area contributed by atoms with Crippen LogP contribution >= 0.6 is 22.9 Å². The van der Waals surface area contributed by atoms with Gasteiger partial charge >= 0.3 is 0 Å². The first-order chi connectivity index (χ1) is 9.70. The Balaban J connectivity index is 1.94. The second-order valence-electron chi connectivity index (χ2n) is 5.31. The molecule has 0 radical (unpaired) electrons. The van der Waals surface area contributed by atoms with Gasteiger partial charge in [0.1, 0.15) is 6.10 Å². The fraction of sp³-hybridized carbons (Fsp3) is 0.533. The average Bonchev–Trinajstić information content (AvgIpc) is 3.02. The Hall–Kier alpha value is -0.840. The highest BCUT2D eigenvalue weighted by Crippen LogP contribution is 2.37. The molecule has 0 bridgehead atoms. The zero-order valence-electron chi connectivity index (χ0n) is 11.6. The largest absolute Gasteiger partial charge is 0.381 e. The SMILES string of the molecule is CCCn1ncc(Cl)c1C(O)c1cc2c(s1)CCCC2. The monoisotopic (exact) mass is 310 g/mol. The molecule has 0 aromatic carbocycles. The van der Waals surface area contributed by atoms with Gasteiger partial charge in [0, 0.05) is 16.3 Å². The van der Waals surface area contributed by atoms with Crippen LogP contribution in [-0.2, 0) is 19.4 Å². The summed E-state index contributed by atoms with van der Waals surface area (Å²) in [4.78, 5) is 2.43. The second-order valence-corrected chi connectivity index (χ2v) is 6.88. The molecule has 1 atom stereocenters. The maximum absolute atomic E-state index is 10.7. The summed E-state index contributed by atoms with van der Waals surface area (Å²) >= 11 is 7.94. The number of fused-ring (bicyclic) bond motifs is 1. The molecule has 3 rings (SSSR count). The van der Waals surface area contributed by atoms with Gasteiger partial charge in [0.05, 0.1) is 16.9 Å². The van der Waals surface area contributed by atoms with E-state index in [1.54, 1.807) is 17.5 Å². The van der Waals surface area contributed by atoms with Crippen LogP contribution < -0.4 is 0 Å². The van der Waals surface area contributed by atoms with Gasteiger partial charge in [-0.05, 0) is 43.7 Å². The Morgan fingerprint density at radius 3 is 3.00 bits per heavy atom. The number of aliphatic hydroxyl groups is 1. The number of thiophene rings is 1. The minimum atomic E-state index is -0.660. The van der Waals surface area contributed by atoms with E-state index in [2.05, 4.69) is 18.1 Å². The summed E-state index contributed by atoms with van der Waals surface area (Å²) in [7, 11) is 0. The van der Waals surface area contributed by atoms with Crippen LogP contribution in [0, 0.1) is 0 Å². The Morgan fingerprint density at radius 1 is 1.45 bits per heavy atom. The summed E-state index contributed by atoms with van der Waals surface area (Å²) in [5.41, 5.74) is 2.14. The number of hydrogen-bond donors (Lipinski definition) is 1. The molecule has 20 heavy (non-hydrogen) atoms. The summed E-state index contributed by atoms with van der Waals surface area (Å²) in [5, 5.41) is 15.5. The van der Waals surface area contributed by atoms with Crippen LogP contribution in [0.5, 0.6) is 0 Å². The molecule has 5 heteroatoms. The lowest BCUT2D eigenvalue weighted by Gasteiger charge is -2.12. The van der Waals surface area contributed by atoms with E-state index in [0.717, 1.165) is 36.4 Å². The van der Waals surface area contributed by atoms with E-state index in [9.17, 15) is 5.11 Å². The van der Waals surface area contributed by atoms with E-state index < -0.39 is 6.10 Å². The molecule has 1 aliphatic carbocycles. The number of aromatic nitrogens is 2. The molecule has 0 saturated heterocycles. The van der Waals surface area contributed by atoms with E-state index >= 15 is 0 Å². The number of nitrogens with zero attached hydrogens (tertiary/aromatic N) is 2. The molecule has 1 aliphatic rings. The van der Waals surface area contributed by atoms with Gasteiger partial charge in [0.2, 0.25) is 0 Å². The predicted octanol–water partition coefficient (Wildman–Crippen LogP) is 3.97. The van der Waals surface area contributed by atoms with E-state index in [-0.39, 0.29) is 0 Å². The molecule has 2 aromatic heterocycles. The first-order valence-electron chi connectivity index (χ1n) is 7.21. The second kappa shape index (κ2) is 5.88. The van der Waals surface area contributed by atoms with Gasteiger partial charge in [-0.1, -0.05) is 18.5 Å². The number of halogens is 1. The minimum absolute atomic E-state index is 0.553. The molecule has 1 unspecified atom stereocenters. The Morgan fingerprint density at radius 2 is 2.25 bits per heavy atom. The molecule has 0 saturated carbocycles. The standard InChI is InChI=1S/C15H19ClN2OS/c1-2-7-18-14(11(16)9-17-18)15(19)13-8-10-5-3-4-6-12(10)20-13/h8-9,15,19H,2-7H2,1H3. The lowest BCUT2D eigenvalue weighted by molar-refractivity contribution is 0.211. The van der Waals surface area contributed by atoms with Crippen LogP contribution in [0.3, 0.4) is 0 Å². The van der Waals surface area contributed by atoms with Crippen molar-refractivity contribution in [2.45, 2.75) is 51.7 Å². The maximum atomic E-state index is 10.7. The first-order valence-corrected chi connectivity index (χ1v) is 8.41. The van der Waals surface area contributed by atoms with Gasteiger partial charge in [-0.2, -0.15) is 5.10 Å². The Kier molecular flexibility index (Phi) is 4.15. The van der Waals surface area contributed by atoms with Crippen molar-refractivity contribution in [1.82, 2.24) is 9.78 Å². The maximum Gasteiger partial charge on any atom is 0.131 e. The summed E-state index contributed by atoms with van der Waals surface area (Å²) in [6.45, 7) is 2.87. The normalized spacial score (nSPS) is 16.1. The van der Waals surface area contributed by atoms with E-state index in [1.807, 2.05) is 4.68 Å². The van der Waals surface area contributed by atoms with Crippen molar-refractivity contribution in [2.24, 2.45) is 0 Å². The van der Waals surface area contributed by atoms with Crippen molar-refractivity contribution < 1.29 is 5.11 Å². The molecule has 1 N–H and O–H groups in total. The van der Waals surface area contributed by atoms with Crippen molar-refractivity contribution in [2.75, 3.05) is 0 Å². The van der Waals surface area contributed by atoms with Gasteiger partial charge in [-0.3, -0.25) is 4.68 Å². The molecular formula is C15H19ClN2OS. The number of hydrogen-bond acceptors (Lipinski definition) is 3. The third kappa shape index (κ3) is 2.52. The molecule has 3 nitrogen and oxygen atoms in total. The number of aryl methyl sites for hydroxylation is 3. The van der Waals surface area contributed by atoms with Crippen molar-refractivity contribution in [3.63, 3.8) is 0 Å². The molecule has 0 fully saturated rings. The van der Waals surface area contributed by atoms with E-state index in [4.69, 9.17) is 11.6 Å². The fourth-order valence-corrected chi connectivity index (χ4v) is 4.31. The molecular weight excluding hydrogens is 292 g/mol. The molecule has 2 heterocycles. The van der Waals surface area contributed by atoms with E-state index in [1.165, 1.54) is 23.3 Å². The highest BCUT2D eigenvalue weighted by atomic mass is 35.5. The highest BCUT2D eigenvalue weighted by Gasteiger charge is 2.23. The van der Waals surface area contributed by atoms with Crippen molar-refractivity contribution >= 4 is 22.9 Å². The molecule has 108 valence electrons. The quantitative estimate of drug-likeness (QED) is 0.928. The molecule has 0 amide bonds. The van der Waals surface area contributed by atoms with Crippen molar-refractivity contribution in [3.05, 3.63) is 38.3 Å². The summed E-state index contributed by atoms with van der Waals surface area (Å²) in [6.07, 6.45) is 6.75. The van der Waals surface area contributed by atoms with Crippen LogP contribution in [0.1, 0.15) is 53.3 Å². The van der Waals surface area contributed by atoms with Crippen LogP contribution in [0.25, 0.3) is 0 Å². The van der Waals surface area contributed by atoms with E-state index in [0.29, 0.717) is 5.02 Å². The van der Waals surface area contributed by atoms with Crippen LogP contribution in [0.4, 0.5) is 0 Å². The van der Waals surface area contributed by atoms with Gasteiger partial charge in [0.15, 0.2) is 0 Å². The average molecular weight is 311 g/mol. The van der Waals surface area contributed by atoms with Crippen LogP contribution in [-0.4, -0.2) is 14.9 Å². The van der Waals surface area contributed by atoms with Crippen molar-refractivity contribution in [3.8, 4) is 0 Å². The first kappa shape index (κ1) is 14.1. The Bertz CT molecular complexity index is 582. The zero-order chi connectivity index (χ0) is 14.1. The van der Waals surface area contributed by atoms with Gasteiger partial charge < -0.3 is 5.11 Å². The van der Waals surface area contributed by atoms with Gasteiger partial charge in [-0.25, -0.2) is 0 Å². The highest BCUT2D eigenvalue weighted by molar-refractivity contribution is 7.12. The van der Waals surface area contributed by atoms with Crippen LogP contribution in [0.15, 0.2) is 12.3 Å². The molecule has 2 aromatic rings. The smallest absolute Gasteiger partial charge is 0.131 e. The lowest BCUT2D eigenvalue weighted by Crippen LogP contribution is -2.09. The number of aliphatic hydroxyl groups excluding tert-OH is 1. The summed E-state index contributed by atoms with van der Waals surface area (Å²) in [5.74, 6) is 0.